The van der Waals surface area contributed by atoms with Crippen molar-refractivity contribution in [2.24, 2.45) is 0 Å². The van der Waals surface area contributed by atoms with Crippen molar-refractivity contribution in [3.8, 4) is 0 Å². The Morgan fingerprint density at radius 3 is 1.04 bits per heavy atom. The molecular formula is C12H12N2Na2O6S2. The Morgan fingerprint density at radius 1 is 0.625 bits per heavy atom. The molecule has 12 heteroatoms. The topological polar surface area (TPSA) is 166 Å². The van der Waals surface area contributed by atoms with Gasteiger partial charge in [0.05, 0.1) is 9.79 Å². The molecule has 0 atom stereocenters. The van der Waals surface area contributed by atoms with Crippen molar-refractivity contribution >= 4 is 31.6 Å². The number of nitrogen functional groups attached to an aromatic ring is 2. The van der Waals surface area contributed by atoms with Crippen molar-refractivity contribution in [2.75, 3.05) is 11.5 Å². The molecule has 0 aliphatic carbocycles. The Bertz CT molecular complexity index is 799. The summed E-state index contributed by atoms with van der Waals surface area (Å²) in [4.78, 5) is -0.722. The van der Waals surface area contributed by atoms with E-state index in [0.717, 1.165) is 0 Å². The van der Waals surface area contributed by atoms with Crippen molar-refractivity contribution in [3.05, 3.63) is 48.5 Å². The molecule has 0 aliphatic rings. The molecule has 0 saturated heterocycles. The van der Waals surface area contributed by atoms with E-state index < -0.39 is 20.2 Å². The Kier molecular flexibility index (Phi) is 11.7. The molecule has 0 amide bonds. The predicted molar refractivity (Wildman–Crippen MR) is 77.6 cm³/mol. The average Bonchev–Trinajstić information content (AvgIpc) is 2.37. The summed E-state index contributed by atoms with van der Waals surface area (Å²) in [5.74, 6) is 0. The number of benzene rings is 2. The van der Waals surface area contributed by atoms with Gasteiger partial charge < -0.3 is 20.6 Å². The smallest absolute Gasteiger partial charge is 0.744 e. The Balaban J connectivity index is 0. The fourth-order valence-corrected chi connectivity index (χ4v) is 2.62. The molecule has 24 heavy (non-hydrogen) atoms. The van der Waals surface area contributed by atoms with Crippen molar-refractivity contribution < 1.29 is 85.1 Å². The molecule has 0 radical (unpaired) electrons. The van der Waals surface area contributed by atoms with Crippen molar-refractivity contribution in [1.29, 1.82) is 0 Å². The molecule has 0 bridgehead atoms. The summed E-state index contributed by atoms with van der Waals surface area (Å²) in [6.45, 7) is 0. The van der Waals surface area contributed by atoms with E-state index in [2.05, 4.69) is 0 Å². The molecule has 2 aromatic carbocycles. The maximum absolute atomic E-state index is 10.4. The number of rotatable bonds is 2. The third kappa shape index (κ3) is 8.30. The molecule has 2 rings (SSSR count). The first-order valence-corrected chi connectivity index (χ1v) is 8.46. The number of para-hydroxylation sites is 2. The van der Waals surface area contributed by atoms with Gasteiger partial charge in [-0.1, -0.05) is 24.3 Å². The minimum absolute atomic E-state index is 0. The number of hydrogen-bond donors (Lipinski definition) is 2. The summed E-state index contributed by atoms with van der Waals surface area (Å²) in [6, 6.07) is 11.1. The second-order valence-electron chi connectivity index (χ2n) is 3.98. The van der Waals surface area contributed by atoms with Gasteiger partial charge in [-0.3, -0.25) is 0 Å². The molecule has 0 unspecified atom stereocenters. The van der Waals surface area contributed by atoms with Crippen LogP contribution in [0.1, 0.15) is 0 Å². The maximum atomic E-state index is 10.4. The average molecular weight is 390 g/mol. The summed E-state index contributed by atoms with van der Waals surface area (Å²) in [5.41, 5.74) is 10.4. The van der Waals surface area contributed by atoms with Gasteiger partial charge in [0.25, 0.3) is 0 Å². The van der Waals surface area contributed by atoms with Crippen LogP contribution < -0.4 is 70.6 Å². The van der Waals surface area contributed by atoms with E-state index in [4.69, 9.17) is 11.5 Å². The van der Waals surface area contributed by atoms with Crippen LogP contribution in [0.3, 0.4) is 0 Å². The van der Waals surface area contributed by atoms with Gasteiger partial charge in [0, 0.05) is 11.4 Å². The Morgan fingerprint density at radius 2 is 0.875 bits per heavy atom. The quantitative estimate of drug-likeness (QED) is 0.291. The second-order valence-corrected chi connectivity index (χ2v) is 6.68. The molecular weight excluding hydrogens is 378 g/mol. The monoisotopic (exact) mass is 390 g/mol. The number of hydrogen-bond acceptors (Lipinski definition) is 8. The number of nitrogens with two attached hydrogens (primary N) is 2. The Hall–Kier alpha value is -0.140. The van der Waals surface area contributed by atoms with Crippen LogP contribution in [0.2, 0.25) is 0 Å². The SMILES string of the molecule is Nc1ccccc1S(=O)(=O)[O-].Nc1ccccc1S(=O)(=O)[O-].[Na+].[Na+]. The minimum atomic E-state index is -4.41. The van der Waals surface area contributed by atoms with Gasteiger partial charge in [-0.25, -0.2) is 16.8 Å². The summed E-state index contributed by atoms with van der Waals surface area (Å²) in [6.07, 6.45) is 0. The molecule has 120 valence electrons. The van der Waals surface area contributed by atoms with Crippen molar-refractivity contribution in [1.82, 2.24) is 0 Å². The fourth-order valence-electron chi connectivity index (χ4n) is 1.42. The third-order valence-corrected chi connectivity index (χ3v) is 4.20. The van der Waals surface area contributed by atoms with E-state index in [1.54, 1.807) is 12.1 Å². The van der Waals surface area contributed by atoms with Crippen LogP contribution in [0.15, 0.2) is 58.3 Å². The minimum Gasteiger partial charge on any atom is -0.744 e. The summed E-state index contributed by atoms with van der Waals surface area (Å²) in [5, 5.41) is 0. The van der Waals surface area contributed by atoms with Crippen LogP contribution >= 0.6 is 0 Å². The van der Waals surface area contributed by atoms with Crippen LogP contribution in [0.25, 0.3) is 0 Å². The van der Waals surface area contributed by atoms with E-state index in [-0.39, 0.29) is 80.3 Å². The first kappa shape index (κ1) is 26.1. The zero-order valence-corrected chi connectivity index (χ0v) is 18.7. The second kappa shape index (κ2) is 10.8. The van der Waals surface area contributed by atoms with Gasteiger partial charge >= 0.3 is 59.1 Å². The summed E-state index contributed by atoms with van der Waals surface area (Å²) in [7, 11) is -8.82. The van der Waals surface area contributed by atoms with E-state index >= 15 is 0 Å². The van der Waals surface area contributed by atoms with Gasteiger partial charge in [0.1, 0.15) is 20.2 Å². The van der Waals surface area contributed by atoms with E-state index in [1.807, 2.05) is 0 Å². The van der Waals surface area contributed by atoms with Crippen molar-refractivity contribution in [2.45, 2.75) is 9.79 Å². The molecule has 0 saturated carbocycles. The van der Waals surface area contributed by atoms with E-state index in [9.17, 15) is 25.9 Å². The van der Waals surface area contributed by atoms with Crippen LogP contribution in [0.5, 0.6) is 0 Å². The first-order valence-electron chi connectivity index (χ1n) is 5.64. The van der Waals surface area contributed by atoms with Gasteiger partial charge in [0.2, 0.25) is 0 Å². The molecule has 0 aliphatic heterocycles. The van der Waals surface area contributed by atoms with Crippen LogP contribution in [0.4, 0.5) is 11.4 Å². The molecule has 0 heterocycles. The zero-order chi connectivity index (χ0) is 17.0. The van der Waals surface area contributed by atoms with Gasteiger partial charge in [-0.05, 0) is 24.3 Å². The fraction of sp³-hybridized carbons (Fsp3) is 0. The van der Waals surface area contributed by atoms with Gasteiger partial charge in [-0.2, -0.15) is 0 Å². The van der Waals surface area contributed by atoms with Crippen LogP contribution in [-0.2, 0) is 20.2 Å². The molecule has 2 aromatic rings. The summed E-state index contributed by atoms with van der Waals surface area (Å²) < 4.78 is 62.5. The van der Waals surface area contributed by atoms with Crippen LogP contribution in [0, 0.1) is 0 Å². The summed E-state index contributed by atoms with van der Waals surface area (Å²) >= 11 is 0. The predicted octanol–water partition coefficient (Wildman–Crippen LogP) is -5.65. The van der Waals surface area contributed by atoms with Crippen LogP contribution in [-0.4, -0.2) is 25.9 Å². The standard InChI is InChI=1S/2C6H7NO3S.2Na/c2*7-5-3-1-2-4-6(5)11(8,9)10;;/h2*1-4H,7H2,(H,8,9,10);;/q;;2*+1/p-2. The largest absolute Gasteiger partial charge is 1.00 e. The number of anilines is 2. The molecule has 8 nitrogen and oxygen atoms in total. The zero-order valence-electron chi connectivity index (χ0n) is 13.0. The molecule has 0 fully saturated rings. The molecule has 0 spiro atoms. The third-order valence-electron chi connectivity index (χ3n) is 2.38. The van der Waals surface area contributed by atoms with Gasteiger partial charge in [-0.15, -0.1) is 0 Å². The molecule has 0 aromatic heterocycles. The Labute approximate surface area is 184 Å². The van der Waals surface area contributed by atoms with E-state index in [0.29, 0.717) is 0 Å². The van der Waals surface area contributed by atoms with Crippen molar-refractivity contribution in [3.63, 3.8) is 0 Å². The molecule has 4 N–H and O–H groups in total. The first-order chi connectivity index (χ1) is 10.0. The van der Waals surface area contributed by atoms with E-state index in [1.165, 1.54) is 36.4 Å². The van der Waals surface area contributed by atoms with Gasteiger partial charge in [0.15, 0.2) is 0 Å². The normalized spacial score (nSPS) is 10.4. The maximum Gasteiger partial charge on any atom is 1.00 e.